The quantitative estimate of drug-likeness (QED) is 0.750. The highest BCUT2D eigenvalue weighted by Gasteiger charge is 2.10. The van der Waals surface area contributed by atoms with Gasteiger partial charge in [0.25, 0.3) is 0 Å². The molecule has 1 aromatic heterocycles. The molecular weight excluding hydrogens is 262 g/mol. The maximum Gasteiger partial charge on any atom is 0.166 e. The van der Waals surface area contributed by atoms with E-state index in [4.69, 9.17) is 19.7 Å². The van der Waals surface area contributed by atoms with Gasteiger partial charge in [-0.2, -0.15) is 0 Å². The maximum absolute atomic E-state index is 8.87. The molecule has 0 spiro atoms. The van der Waals surface area contributed by atoms with Crippen molar-refractivity contribution in [1.29, 1.82) is 0 Å². The molecule has 0 atom stereocenters. The van der Waals surface area contributed by atoms with Gasteiger partial charge < -0.3 is 19.7 Å². The number of aliphatic hydroxyl groups excluding tert-OH is 2. The third-order valence-corrected chi connectivity index (χ3v) is 2.40. The monoisotopic (exact) mass is 277 g/mol. The van der Waals surface area contributed by atoms with E-state index < -0.39 is 0 Å². The molecule has 0 saturated carbocycles. The first-order chi connectivity index (χ1) is 9.85. The van der Waals surface area contributed by atoms with E-state index in [-0.39, 0.29) is 26.4 Å². The highest BCUT2D eigenvalue weighted by atomic mass is 16.5. The Morgan fingerprint density at radius 3 is 2.35 bits per heavy atom. The number of aromatic nitrogens is 3. The normalized spacial score (nSPS) is 10.3. The van der Waals surface area contributed by atoms with Crippen LogP contribution >= 0.6 is 0 Å². The molecule has 1 heterocycles. The number of ether oxygens (including phenoxy) is 2. The average molecular weight is 277 g/mol. The Balaban J connectivity index is 2.30. The molecule has 0 unspecified atom stereocenters. The summed E-state index contributed by atoms with van der Waals surface area (Å²) < 4.78 is 10.8. The number of hydrogen-bond acceptors (Lipinski definition) is 7. The molecule has 2 rings (SSSR count). The van der Waals surface area contributed by atoms with Crippen molar-refractivity contribution in [3.63, 3.8) is 0 Å². The lowest BCUT2D eigenvalue weighted by Crippen LogP contribution is -2.05. The van der Waals surface area contributed by atoms with Crippen molar-refractivity contribution in [3.05, 3.63) is 30.9 Å². The Hall–Kier alpha value is -2.25. The standard InChI is InChI=1S/C13H15N3O4/c17-3-5-19-10-1-2-11(12(7-10)20-6-4-18)13-15-8-14-9-16-13/h1-2,7-9,17-18H,3-6H2. The van der Waals surface area contributed by atoms with Crippen LogP contribution in [-0.2, 0) is 0 Å². The fraction of sp³-hybridized carbons (Fsp3) is 0.308. The molecule has 0 radical (unpaired) electrons. The second kappa shape index (κ2) is 7.37. The van der Waals surface area contributed by atoms with Crippen molar-refractivity contribution >= 4 is 0 Å². The van der Waals surface area contributed by atoms with Crippen LogP contribution in [0.3, 0.4) is 0 Å². The number of benzene rings is 1. The lowest BCUT2D eigenvalue weighted by atomic mass is 10.2. The van der Waals surface area contributed by atoms with Gasteiger partial charge in [-0.05, 0) is 12.1 Å². The van der Waals surface area contributed by atoms with E-state index in [0.29, 0.717) is 22.9 Å². The fourth-order valence-electron chi connectivity index (χ4n) is 1.59. The Morgan fingerprint density at radius 2 is 1.65 bits per heavy atom. The van der Waals surface area contributed by atoms with E-state index in [2.05, 4.69) is 15.0 Å². The van der Waals surface area contributed by atoms with Gasteiger partial charge in [0.05, 0.1) is 18.8 Å². The molecule has 7 heteroatoms. The van der Waals surface area contributed by atoms with Gasteiger partial charge in [0.1, 0.15) is 37.4 Å². The van der Waals surface area contributed by atoms with Gasteiger partial charge in [-0.25, -0.2) is 15.0 Å². The van der Waals surface area contributed by atoms with Crippen LogP contribution in [0.4, 0.5) is 0 Å². The molecule has 0 aliphatic rings. The molecule has 0 aliphatic carbocycles. The topological polar surface area (TPSA) is 97.6 Å². The number of nitrogens with zero attached hydrogens (tertiary/aromatic N) is 3. The Kier molecular flexibility index (Phi) is 5.22. The van der Waals surface area contributed by atoms with E-state index in [0.717, 1.165) is 0 Å². The molecule has 20 heavy (non-hydrogen) atoms. The molecule has 0 aliphatic heterocycles. The first-order valence-corrected chi connectivity index (χ1v) is 6.09. The summed E-state index contributed by atoms with van der Waals surface area (Å²) in [5.74, 6) is 1.53. The van der Waals surface area contributed by atoms with Crippen molar-refractivity contribution in [1.82, 2.24) is 15.0 Å². The van der Waals surface area contributed by atoms with Crippen LogP contribution < -0.4 is 9.47 Å². The summed E-state index contributed by atoms with van der Waals surface area (Å²) in [6.45, 7) is 0.187. The van der Waals surface area contributed by atoms with Gasteiger partial charge in [0, 0.05) is 6.07 Å². The van der Waals surface area contributed by atoms with Crippen molar-refractivity contribution in [3.8, 4) is 22.9 Å². The van der Waals surface area contributed by atoms with E-state index in [1.807, 2.05) is 0 Å². The summed E-state index contributed by atoms with van der Waals surface area (Å²) in [6, 6.07) is 5.17. The van der Waals surface area contributed by atoms with E-state index in [1.54, 1.807) is 18.2 Å². The van der Waals surface area contributed by atoms with Crippen LogP contribution in [0, 0.1) is 0 Å². The average Bonchev–Trinajstić information content (AvgIpc) is 2.51. The molecule has 0 saturated heterocycles. The number of aliphatic hydroxyl groups is 2. The van der Waals surface area contributed by atoms with Gasteiger partial charge in [-0.1, -0.05) is 0 Å². The van der Waals surface area contributed by atoms with Gasteiger partial charge in [0.2, 0.25) is 0 Å². The van der Waals surface area contributed by atoms with Gasteiger partial charge in [0.15, 0.2) is 5.82 Å². The molecule has 0 amide bonds. The van der Waals surface area contributed by atoms with Crippen LogP contribution in [0.25, 0.3) is 11.4 Å². The largest absolute Gasteiger partial charge is 0.491 e. The predicted molar refractivity (Wildman–Crippen MR) is 70.4 cm³/mol. The van der Waals surface area contributed by atoms with Gasteiger partial charge in [-0.15, -0.1) is 0 Å². The second-order valence-electron chi connectivity index (χ2n) is 3.76. The molecule has 0 bridgehead atoms. The zero-order valence-corrected chi connectivity index (χ0v) is 10.8. The minimum Gasteiger partial charge on any atom is -0.491 e. The van der Waals surface area contributed by atoms with Crippen LogP contribution in [0.2, 0.25) is 0 Å². The molecule has 106 valence electrons. The van der Waals surface area contributed by atoms with Crippen LogP contribution in [0.1, 0.15) is 0 Å². The minimum absolute atomic E-state index is 0.0674. The first-order valence-electron chi connectivity index (χ1n) is 6.09. The summed E-state index contributed by atoms with van der Waals surface area (Å²) in [5.41, 5.74) is 0.678. The number of hydrogen-bond donors (Lipinski definition) is 2. The second-order valence-corrected chi connectivity index (χ2v) is 3.76. The molecule has 1 aromatic carbocycles. The SMILES string of the molecule is OCCOc1ccc(-c2ncncn2)c(OCCO)c1. The van der Waals surface area contributed by atoms with Crippen molar-refractivity contribution in [2.75, 3.05) is 26.4 Å². The molecule has 7 nitrogen and oxygen atoms in total. The first kappa shape index (κ1) is 14.2. The lowest BCUT2D eigenvalue weighted by molar-refractivity contribution is 0.195. The zero-order valence-electron chi connectivity index (χ0n) is 10.8. The maximum atomic E-state index is 8.87. The summed E-state index contributed by atoms with van der Waals surface area (Å²) in [7, 11) is 0. The van der Waals surface area contributed by atoms with Crippen LogP contribution in [-0.4, -0.2) is 51.6 Å². The van der Waals surface area contributed by atoms with E-state index >= 15 is 0 Å². The van der Waals surface area contributed by atoms with Crippen LogP contribution in [0.5, 0.6) is 11.5 Å². The molecule has 2 N–H and O–H groups in total. The third kappa shape index (κ3) is 3.62. The fourth-order valence-corrected chi connectivity index (χ4v) is 1.59. The summed E-state index contributed by atoms with van der Waals surface area (Å²) in [5, 5.41) is 17.6. The lowest BCUT2D eigenvalue weighted by Gasteiger charge is -2.12. The van der Waals surface area contributed by atoms with Crippen molar-refractivity contribution < 1.29 is 19.7 Å². The molecular formula is C13H15N3O4. The van der Waals surface area contributed by atoms with Gasteiger partial charge >= 0.3 is 0 Å². The minimum atomic E-state index is -0.0988. The van der Waals surface area contributed by atoms with E-state index in [9.17, 15) is 0 Å². The predicted octanol–water partition coefficient (Wildman–Crippen LogP) is 0.281. The summed E-state index contributed by atoms with van der Waals surface area (Å²) >= 11 is 0. The van der Waals surface area contributed by atoms with E-state index in [1.165, 1.54) is 12.7 Å². The Bertz CT molecular complexity index is 536. The summed E-state index contributed by atoms with van der Waals surface area (Å²) in [4.78, 5) is 11.9. The molecule has 0 fully saturated rings. The Morgan fingerprint density at radius 1 is 0.950 bits per heavy atom. The van der Waals surface area contributed by atoms with Crippen LogP contribution in [0.15, 0.2) is 30.9 Å². The van der Waals surface area contributed by atoms with Gasteiger partial charge in [-0.3, -0.25) is 0 Å². The third-order valence-electron chi connectivity index (χ3n) is 2.40. The number of rotatable bonds is 7. The Labute approximate surface area is 115 Å². The smallest absolute Gasteiger partial charge is 0.166 e. The van der Waals surface area contributed by atoms with Crippen molar-refractivity contribution in [2.45, 2.75) is 0 Å². The molecule has 2 aromatic rings. The van der Waals surface area contributed by atoms with Crippen molar-refractivity contribution in [2.24, 2.45) is 0 Å². The zero-order chi connectivity index (χ0) is 14.2. The highest BCUT2D eigenvalue weighted by Crippen LogP contribution is 2.31. The highest BCUT2D eigenvalue weighted by molar-refractivity contribution is 5.65. The summed E-state index contributed by atoms with van der Waals surface area (Å²) in [6.07, 6.45) is 2.79.